The van der Waals surface area contributed by atoms with E-state index in [2.05, 4.69) is 5.32 Å². The highest BCUT2D eigenvalue weighted by atomic mass is 16.5. The second kappa shape index (κ2) is 7.73. The van der Waals surface area contributed by atoms with Gasteiger partial charge < -0.3 is 35.7 Å². The van der Waals surface area contributed by atoms with Gasteiger partial charge in [-0.25, -0.2) is 4.79 Å². The van der Waals surface area contributed by atoms with E-state index >= 15 is 0 Å². The molecule has 10 nitrogen and oxygen atoms in total. The average Bonchev–Trinajstić information content (AvgIpc) is 3.45. The molecule has 2 fully saturated rings. The summed E-state index contributed by atoms with van der Waals surface area (Å²) in [5, 5.41) is 31.1. The molecule has 1 aromatic rings. The van der Waals surface area contributed by atoms with E-state index in [-0.39, 0.29) is 54.0 Å². The van der Waals surface area contributed by atoms with Crippen LogP contribution in [0.2, 0.25) is 5.82 Å². The quantitative estimate of drug-likeness (QED) is 0.334. The molecule has 1 saturated carbocycles. The first-order chi connectivity index (χ1) is 14.2. The van der Waals surface area contributed by atoms with Crippen LogP contribution in [-0.2, 0) is 4.79 Å². The molecule has 0 radical (unpaired) electrons. The first-order valence-electron chi connectivity index (χ1n) is 10.0. The van der Waals surface area contributed by atoms with Crippen molar-refractivity contribution in [3.8, 4) is 11.5 Å². The molecule has 1 amide bonds. The Labute approximate surface area is 174 Å². The van der Waals surface area contributed by atoms with Crippen molar-refractivity contribution >= 4 is 19.0 Å². The molecule has 3 aliphatic rings. The second-order valence-corrected chi connectivity index (χ2v) is 8.51. The number of carboxylic acid groups (broad SMARTS) is 1. The minimum Gasteiger partial charge on any atom is -0.535 e. The maximum Gasteiger partial charge on any atom is 0.526 e. The highest BCUT2D eigenvalue weighted by Gasteiger charge is 2.54. The van der Waals surface area contributed by atoms with Crippen molar-refractivity contribution in [3.05, 3.63) is 23.3 Å². The van der Waals surface area contributed by atoms with Gasteiger partial charge in [0.25, 0.3) is 0 Å². The number of aromatic carboxylic acids is 1. The van der Waals surface area contributed by atoms with Crippen LogP contribution in [0.1, 0.15) is 35.2 Å². The predicted molar refractivity (Wildman–Crippen MR) is 107 cm³/mol. The van der Waals surface area contributed by atoms with Gasteiger partial charge in [-0.15, -0.1) is 0 Å². The minimum absolute atomic E-state index is 0.0336. The number of ether oxygens (including phenoxy) is 1. The Hall–Kier alpha value is -2.34. The van der Waals surface area contributed by atoms with E-state index in [1.807, 2.05) is 11.0 Å². The largest absolute Gasteiger partial charge is 0.535 e. The van der Waals surface area contributed by atoms with Crippen LogP contribution in [0.25, 0.3) is 0 Å². The third kappa shape index (κ3) is 3.85. The van der Waals surface area contributed by atoms with Crippen molar-refractivity contribution in [3.63, 3.8) is 0 Å². The Balaban J connectivity index is 1.39. The molecule has 1 aromatic carbocycles. The Kier molecular flexibility index (Phi) is 5.39. The molecule has 0 aromatic heterocycles. The summed E-state index contributed by atoms with van der Waals surface area (Å²) in [6.07, 6.45) is 0.536. The summed E-state index contributed by atoms with van der Waals surface area (Å²) >= 11 is 0. The van der Waals surface area contributed by atoms with Gasteiger partial charge in [0.15, 0.2) is 0 Å². The number of carbonyl (C=O) groups excluding carboxylic acids is 1. The summed E-state index contributed by atoms with van der Waals surface area (Å²) in [5.41, 5.74) is 5.70. The molecule has 30 heavy (non-hydrogen) atoms. The van der Waals surface area contributed by atoms with Gasteiger partial charge >= 0.3 is 13.1 Å². The smallest absolute Gasteiger partial charge is 0.526 e. The zero-order valence-corrected chi connectivity index (χ0v) is 16.7. The van der Waals surface area contributed by atoms with Crippen LogP contribution in [0.15, 0.2) is 12.1 Å². The van der Waals surface area contributed by atoms with Gasteiger partial charge in [-0.3, -0.25) is 9.69 Å². The van der Waals surface area contributed by atoms with Crippen molar-refractivity contribution in [2.75, 3.05) is 32.8 Å². The first-order valence-corrected chi connectivity index (χ1v) is 10.0. The monoisotopic (exact) mass is 419 g/mol. The molecule has 6 N–H and O–H groups in total. The van der Waals surface area contributed by atoms with Crippen molar-refractivity contribution < 1.29 is 34.2 Å². The lowest BCUT2D eigenvalue weighted by Crippen LogP contribution is -2.64. The average molecular weight is 419 g/mol. The van der Waals surface area contributed by atoms with Crippen LogP contribution in [-0.4, -0.2) is 83.6 Å². The van der Waals surface area contributed by atoms with Gasteiger partial charge in [0.05, 0.1) is 6.61 Å². The highest BCUT2D eigenvalue weighted by molar-refractivity contribution is 6.48. The van der Waals surface area contributed by atoms with E-state index in [1.54, 1.807) is 13.0 Å². The van der Waals surface area contributed by atoms with Crippen LogP contribution in [0.4, 0.5) is 0 Å². The van der Waals surface area contributed by atoms with Gasteiger partial charge in [-0.2, -0.15) is 0 Å². The van der Waals surface area contributed by atoms with E-state index < -0.39 is 18.6 Å². The number of aliphatic hydroxyl groups excluding tert-OH is 1. The number of nitrogens with zero attached hydrogens (tertiary/aromatic N) is 1. The molecule has 0 unspecified atom stereocenters. The summed E-state index contributed by atoms with van der Waals surface area (Å²) in [7, 11) is -0.991. The fourth-order valence-corrected chi connectivity index (χ4v) is 4.21. The number of nitrogens with one attached hydrogen (secondary N) is 1. The van der Waals surface area contributed by atoms with Gasteiger partial charge in [-0.1, -0.05) is 6.07 Å². The summed E-state index contributed by atoms with van der Waals surface area (Å²) in [4.78, 5) is 25.9. The highest BCUT2D eigenvalue weighted by Crippen LogP contribution is 2.60. The number of amides is 1. The standard InChI is InChI=1S/C19H26BN3O7/c1-19(21,18(27)22-4-5-24)9-23-7-10(8-23)29-14-3-2-11-12-6-13(12)20(28)30-16(11)15(14)17(25)26/h2-3,10,12-13,24,28H,4-9,21H2,1H3,(H,22,27)(H,25,26)/t12-,13-,19+/m0/s1. The van der Waals surface area contributed by atoms with Crippen molar-refractivity contribution in [1.29, 1.82) is 0 Å². The molecular weight excluding hydrogens is 393 g/mol. The van der Waals surface area contributed by atoms with Gasteiger partial charge in [0, 0.05) is 32.0 Å². The number of hydrogen-bond acceptors (Lipinski definition) is 8. The molecule has 2 aliphatic heterocycles. The molecule has 2 heterocycles. The summed E-state index contributed by atoms with van der Waals surface area (Å²) in [6, 6.07) is 3.46. The molecule has 11 heteroatoms. The van der Waals surface area contributed by atoms with Crippen molar-refractivity contribution in [2.45, 2.75) is 36.7 Å². The number of fused-ring (bicyclic) bond motifs is 3. The lowest BCUT2D eigenvalue weighted by molar-refractivity contribution is -0.127. The van der Waals surface area contributed by atoms with Gasteiger partial charge in [0.2, 0.25) is 5.91 Å². The number of hydrogen-bond donors (Lipinski definition) is 5. The topological polar surface area (TPSA) is 155 Å². The van der Waals surface area contributed by atoms with Crippen molar-refractivity contribution in [2.24, 2.45) is 5.73 Å². The number of nitrogens with two attached hydrogens (primary N) is 1. The maximum atomic E-state index is 12.1. The van der Waals surface area contributed by atoms with Crippen molar-refractivity contribution in [1.82, 2.24) is 10.2 Å². The third-order valence-corrected chi connectivity index (χ3v) is 5.89. The predicted octanol–water partition coefficient (Wildman–Crippen LogP) is -0.996. The number of benzene rings is 1. The summed E-state index contributed by atoms with van der Waals surface area (Å²) in [6.45, 7) is 2.89. The van der Waals surface area contributed by atoms with Crippen LogP contribution >= 0.6 is 0 Å². The van der Waals surface area contributed by atoms with Crippen LogP contribution in [0, 0.1) is 0 Å². The molecule has 4 rings (SSSR count). The summed E-state index contributed by atoms with van der Waals surface area (Å²) in [5.74, 6) is -0.955. The minimum atomic E-state index is -1.17. The van der Waals surface area contributed by atoms with Crippen LogP contribution in [0.3, 0.4) is 0 Å². The van der Waals surface area contributed by atoms with E-state index in [4.69, 9.17) is 20.2 Å². The second-order valence-electron chi connectivity index (χ2n) is 8.51. The molecule has 1 saturated heterocycles. The summed E-state index contributed by atoms with van der Waals surface area (Å²) < 4.78 is 11.4. The normalized spacial score (nSPS) is 24.6. The Morgan fingerprint density at radius 3 is 2.83 bits per heavy atom. The molecule has 0 bridgehead atoms. The molecule has 0 spiro atoms. The van der Waals surface area contributed by atoms with E-state index in [9.17, 15) is 19.7 Å². The van der Waals surface area contributed by atoms with Crippen LogP contribution in [0.5, 0.6) is 11.5 Å². The van der Waals surface area contributed by atoms with E-state index in [1.165, 1.54) is 0 Å². The lowest BCUT2D eigenvalue weighted by Gasteiger charge is -2.42. The number of aliphatic hydroxyl groups is 1. The Bertz CT molecular complexity index is 859. The third-order valence-electron chi connectivity index (χ3n) is 5.89. The fraction of sp³-hybridized carbons (Fsp3) is 0.579. The zero-order chi connectivity index (χ0) is 21.6. The number of carbonyl (C=O) groups is 2. The molecular formula is C19H26BN3O7. The Morgan fingerprint density at radius 2 is 2.17 bits per heavy atom. The van der Waals surface area contributed by atoms with E-state index in [0.717, 1.165) is 12.0 Å². The zero-order valence-electron chi connectivity index (χ0n) is 16.7. The number of likely N-dealkylation sites (tertiary alicyclic amines) is 1. The molecule has 1 aliphatic carbocycles. The number of rotatable bonds is 8. The lowest BCUT2D eigenvalue weighted by atomic mass is 9.77. The Morgan fingerprint density at radius 1 is 1.43 bits per heavy atom. The fourth-order valence-electron chi connectivity index (χ4n) is 4.21. The maximum absolute atomic E-state index is 12.1. The SMILES string of the molecule is C[C@@](N)(CN1CC(Oc2ccc3c(c2C(=O)O)OB(O)[C@H]2C[C@@H]32)C1)C(=O)NCCO. The first kappa shape index (κ1) is 20.9. The van der Waals surface area contributed by atoms with Crippen LogP contribution < -0.4 is 20.4 Å². The molecule has 162 valence electrons. The number of carboxylic acids is 1. The molecule has 3 atom stereocenters. The van der Waals surface area contributed by atoms with Gasteiger partial charge in [-0.05, 0) is 30.9 Å². The van der Waals surface area contributed by atoms with Gasteiger partial charge in [0.1, 0.15) is 28.7 Å². The van der Waals surface area contributed by atoms with E-state index in [0.29, 0.717) is 19.6 Å².